The summed E-state index contributed by atoms with van der Waals surface area (Å²) in [5, 5.41) is 16.5. The maximum Gasteiger partial charge on any atom is 0.191 e. The molecule has 1 aliphatic heterocycles. The van der Waals surface area contributed by atoms with E-state index in [1.165, 1.54) is 30.0 Å². The van der Waals surface area contributed by atoms with Crippen LogP contribution in [0, 0.1) is 6.92 Å². The summed E-state index contributed by atoms with van der Waals surface area (Å²) in [6, 6.07) is 0. The van der Waals surface area contributed by atoms with Gasteiger partial charge in [0, 0.05) is 43.5 Å². The summed E-state index contributed by atoms with van der Waals surface area (Å²) in [7, 11) is 0. The summed E-state index contributed by atoms with van der Waals surface area (Å²) in [4.78, 5) is 10.2. The van der Waals surface area contributed by atoms with Crippen molar-refractivity contribution >= 4 is 41.3 Å². The predicted octanol–water partition coefficient (Wildman–Crippen LogP) is 3.08. The van der Waals surface area contributed by atoms with E-state index in [4.69, 9.17) is 0 Å². The number of halogens is 1. The number of hydrogen-bond acceptors (Lipinski definition) is 5. The zero-order chi connectivity index (χ0) is 18.2. The van der Waals surface area contributed by atoms with Crippen LogP contribution in [0.4, 0.5) is 0 Å². The van der Waals surface area contributed by atoms with Crippen LogP contribution in [0.25, 0.3) is 0 Å². The first-order valence-electron chi connectivity index (χ1n) is 9.60. The van der Waals surface area contributed by atoms with Crippen LogP contribution in [0.5, 0.6) is 0 Å². The van der Waals surface area contributed by atoms with Gasteiger partial charge in [-0.2, -0.15) is 0 Å². The van der Waals surface area contributed by atoms with Crippen LogP contribution < -0.4 is 10.6 Å². The average molecular weight is 503 g/mol. The van der Waals surface area contributed by atoms with Crippen molar-refractivity contribution in [2.45, 2.75) is 65.5 Å². The van der Waals surface area contributed by atoms with E-state index in [1.807, 2.05) is 6.20 Å². The summed E-state index contributed by atoms with van der Waals surface area (Å²) in [6.45, 7) is 7.55. The van der Waals surface area contributed by atoms with Gasteiger partial charge in [-0.1, -0.05) is 6.42 Å². The Kier molecular flexibility index (Phi) is 9.46. The highest BCUT2D eigenvalue weighted by Gasteiger charge is 2.14. The van der Waals surface area contributed by atoms with Crippen molar-refractivity contribution < 1.29 is 0 Å². The largest absolute Gasteiger partial charge is 0.357 e. The number of nitrogens with zero attached hydrogens (tertiary/aromatic N) is 5. The molecule has 0 aromatic carbocycles. The number of rotatable bonds is 7. The predicted molar refractivity (Wildman–Crippen MR) is 121 cm³/mol. The molecule has 0 aliphatic carbocycles. The second-order valence-electron chi connectivity index (χ2n) is 6.58. The summed E-state index contributed by atoms with van der Waals surface area (Å²) in [5.74, 6) is 3.14. The molecule has 2 aromatic heterocycles. The molecule has 0 radical (unpaired) electrons. The van der Waals surface area contributed by atoms with Crippen LogP contribution >= 0.6 is 35.3 Å². The SMILES string of the molecule is CCNC(=NCc1ncc(C)s1)NCCCc1nnc2n1CCCCC2.I. The van der Waals surface area contributed by atoms with Crippen LogP contribution in [0.15, 0.2) is 11.2 Å². The molecular formula is C18H30IN7S. The van der Waals surface area contributed by atoms with Crippen LogP contribution in [0.3, 0.4) is 0 Å². The molecule has 0 saturated heterocycles. The van der Waals surface area contributed by atoms with E-state index in [1.54, 1.807) is 11.3 Å². The molecule has 0 fully saturated rings. The van der Waals surface area contributed by atoms with Crippen molar-refractivity contribution in [1.82, 2.24) is 30.4 Å². The second-order valence-corrected chi connectivity index (χ2v) is 7.90. The molecule has 2 N–H and O–H groups in total. The van der Waals surface area contributed by atoms with E-state index in [0.717, 1.165) is 55.7 Å². The Morgan fingerprint density at radius 1 is 1.26 bits per heavy atom. The molecule has 3 heterocycles. The first-order valence-corrected chi connectivity index (χ1v) is 10.4. The molecule has 27 heavy (non-hydrogen) atoms. The molecule has 150 valence electrons. The molecular weight excluding hydrogens is 473 g/mol. The molecule has 0 spiro atoms. The van der Waals surface area contributed by atoms with Gasteiger partial charge in [0.1, 0.15) is 16.7 Å². The molecule has 7 nitrogen and oxygen atoms in total. The van der Waals surface area contributed by atoms with Gasteiger partial charge in [0.15, 0.2) is 5.96 Å². The minimum atomic E-state index is 0. The van der Waals surface area contributed by atoms with Crippen LogP contribution in [-0.4, -0.2) is 38.8 Å². The summed E-state index contributed by atoms with van der Waals surface area (Å²) < 4.78 is 2.33. The quantitative estimate of drug-likeness (QED) is 0.263. The number of aromatic nitrogens is 4. The number of aliphatic imine (C=N–C) groups is 1. The van der Waals surface area contributed by atoms with E-state index in [-0.39, 0.29) is 24.0 Å². The van der Waals surface area contributed by atoms with E-state index >= 15 is 0 Å². The minimum Gasteiger partial charge on any atom is -0.357 e. The third kappa shape index (κ3) is 6.70. The maximum absolute atomic E-state index is 4.62. The molecule has 3 rings (SSSR count). The molecule has 0 amide bonds. The molecule has 2 aromatic rings. The Labute approximate surface area is 182 Å². The summed E-state index contributed by atoms with van der Waals surface area (Å²) in [5.41, 5.74) is 0. The monoisotopic (exact) mass is 503 g/mol. The molecule has 0 atom stereocenters. The highest BCUT2D eigenvalue weighted by atomic mass is 127. The lowest BCUT2D eigenvalue weighted by Crippen LogP contribution is -2.37. The highest BCUT2D eigenvalue weighted by molar-refractivity contribution is 14.0. The fourth-order valence-electron chi connectivity index (χ4n) is 3.15. The smallest absolute Gasteiger partial charge is 0.191 e. The zero-order valence-corrected chi connectivity index (χ0v) is 19.3. The fourth-order valence-corrected chi connectivity index (χ4v) is 3.86. The summed E-state index contributed by atoms with van der Waals surface area (Å²) >= 11 is 1.70. The zero-order valence-electron chi connectivity index (χ0n) is 16.2. The first-order chi connectivity index (χ1) is 12.8. The van der Waals surface area contributed by atoms with E-state index < -0.39 is 0 Å². The van der Waals surface area contributed by atoms with Crippen LogP contribution in [0.1, 0.15) is 54.1 Å². The number of thiazole rings is 1. The van der Waals surface area contributed by atoms with Crippen molar-refractivity contribution in [3.8, 4) is 0 Å². The Bertz CT molecular complexity index is 725. The third-order valence-corrected chi connectivity index (χ3v) is 5.34. The van der Waals surface area contributed by atoms with Gasteiger partial charge in [-0.25, -0.2) is 9.98 Å². The molecule has 0 bridgehead atoms. The Morgan fingerprint density at radius 2 is 2.15 bits per heavy atom. The highest BCUT2D eigenvalue weighted by Crippen LogP contribution is 2.15. The second kappa shape index (κ2) is 11.6. The Balaban J connectivity index is 0.00000261. The Hall–Kier alpha value is -1.23. The maximum atomic E-state index is 4.62. The van der Waals surface area contributed by atoms with Crippen molar-refractivity contribution in [3.63, 3.8) is 0 Å². The van der Waals surface area contributed by atoms with Gasteiger partial charge < -0.3 is 15.2 Å². The topological polar surface area (TPSA) is 80.0 Å². The minimum absolute atomic E-state index is 0. The third-order valence-electron chi connectivity index (χ3n) is 4.44. The normalized spacial score (nSPS) is 14.2. The number of fused-ring (bicyclic) bond motifs is 1. The molecule has 1 aliphatic rings. The van der Waals surface area contributed by atoms with E-state index in [9.17, 15) is 0 Å². The van der Waals surface area contributed by atoms with Crippen molar-refractivity contribution in [2.75, 3.05) is 13.1 Å². The average Bonchev–Trinajstić information content (AvgIpc) is 3.14. The fraction of sp³-hybridized carbons (Fsp3) is 0.667. The lowest BCUT2D eigenvalue weighted by atomic mass is 10.2. The number of aryl methyl sites for hydroxylation is 3. The van der Waals surface area contributed by atoms with Crippen LogP contribution in [0.2, 0.25) is 0 Å². The van der Waals surface area contributed by atoms with Gasteiger partial charge in [-0.15, -0.1) is 45.5 Å². The van der Waals surface area contributed by atoms with Crippen molar-refractivity contribution in [2.24, 2.45) is 4.99 Å². The molecule has 0 saturated carbocycles. The number of guanidine groups is 1. The van der Waals surface area contributed by atoms with Gasteiger partial charge in [-0.3, -0.25) is 0 Å². The van der Waals surface area contributed by atoms with Gasteiger partial charge in [0.25, 0.3) is 0 Å². The van der Waals surface area contributed by atoms with Gasteiger partial charge in [0.2, 0.25) is 0 Å². The summed E-state index contributed by atoms with van der Waals surface area (Å²) in [6.07, 6.45) is 8.70. The lowest BCUT2D eigenvalue weighted by Gasteiger charge is -2.11. The molecule has 9 heteroatoms. The van der Waals surface area contributed by atoms with Gasteiger partial charge in [0.05, 0.1) is 6.54 Å². The van der Waals surface area contributed by atoms with E-state index in [0.29, 0.717) is 6.54 Å². The van der Waals surface area contributed by atoms with Gasteiger partial charge >= 0.3 is 0 Å². The van der Waals surface area contributed by atoms with Crippen molar-refractivity contribution in [3.05, 3.63) is 27.7 Å². The Morgan fingerprint density at radius 3 is 2.93 bits per heavy atom. The number of nitrogens with one attached hydrogen (secondary N) is 2. The molecule has 0 unspecified atom stereocenters. The van der Waals surface area contributed by atoms with Crippen LogP contribution in [-0.2, 0) is 25.9 Å². The lowest BCUT2D eigenvalue weighted by molar-refractivity contribution is 0.594. The standard InChI is InChI=1S/C18H29N7S.HI/c1-3-19-18(22-13-17-21-12-14(2)26-17)20-10-7-9-16-24-23-15-8-5-4-6-11-25(15)16;/h12H,3-11,13H2,1-2H3,(H2,19,20,22);1H. The van der Waals surface area contributed by atoms with Gasteiger partial charge in [-0.05, 0) is 33.1 Å². The first kappa shape index (κ1) is 22.1. The number of hydrogen-bond donors (Lipinski definition) is 2. The van der Waals surface area contributed by atoms with Crippen molar-refractivity contribution in [1.29, 1.82) is 0 Å². The van der Waals surface area contributed by atoms with E-state index in [2.05, 4.69) is 49.2 Å².